The first kappa shape index (κ1) is 9.99. The number of carboxylic acid groups (broad SMARTS) is 1. The van der Waals surface area contributed by atoms with Crippen LogP contribution >= 0.6 is 11.6 Å². The van der Waals surface area contributed by atoms with Crippen molar-refractivity contribution in [3.63, 3.8) is 0 Å². The summed E-state index contributed by atoms with van der Waals surface area (Å²) in [4.78, 5) is 11.0. The number of aromatic carboxylic acids is 1. The van der Waals surface area contributed by atoms with Gasteiger partial charge in [-0.1, -0.05) is 24.3 Å². The molecule has 2 rings (SSSR count). The summed E-state index contributed by atoms with van der Waals surface area (Å²) in [7, 11) is 0. The van der Waals surface area contributed by atoms with E-state index in [0.29, 0.717) is 5.56 Å². The molecule has 0 bridgehead atoms. The molecule has 1 N–H and O–H groups in total. The van der Waals surface area contributed by atoms with Crippen molar-refractivity contribution in [3.05, 3.63) is 47.5 Å². The Balaban J connectivity index is 2.74. The van der Waals surface area contributed by atoms with E-state index in [-0.39, 0.29) is 11.4 Å². The normalized spacial score (nSPS) is 10.5. The first-order chi connectivity index (χ1) is 7.22. The molecule has 76 valence electrons. The van der Waals surface area contributed by atoms with Crippen molar-refractivity contribution in [2.24, 2.45) is 0 Å². The molecular weight excluding hydrogens is 212 g/mol. The average molecular weight is 221 g/mol. The van der Waals surface area contributed by atoms with E-state index in [1.807, 2.05) is 30.3 Å². The Morgan fingerprint density at radius 2 is 1.80 bits per heavy atom. The monoisotopic (exact) mass is 220 g/mol. The van der Waals surface area contributed by atoms with Gasteiger partial charge in [-0.15, -0.1) is 11.6 Å². The summed E-state index contributed by atoms with van der Waals surface area (Å²) < 4.78 is 0. The highest BCUT2D eigenvalue weighted by Gasteiger charge is 2.10. The van der Waals surface area contributed by atoms with Crippen LogP contribution in [0.1, 0.15) is 15.9 Å². The molecular formula is C12H9ClO2. The summed E-state index contributed by atoms with van der Waals surface area (Å²) >= 11 is 5.71. The van der Waals surface area contributed by atoms with Crippen molar-refractivity contribution in [2.45, 2.75) is 5.88 Å². The lowest BCUT2D eigenvalue weighted by Gasteiger charge is -2.05. The molecule has 0 aliphatic heterocycles. The van der Waals surface area contributed by atoms with Crippen LogP contribution in [0, 0.1) is 0 Å². The van der Waals surface area contributed by atoms with E-state index in [0.717, 1.165) is 10.8 Å². The van der Waals surface area contributed by atoms with Crippen molar-refractivity contribution in [2.75, 3.05) is 0 Å². The molecule has 2 nitrogen and oxygen atoms in total. The molecule has 0 aromatic heterocycles. The molecule has 0 radical (unpaired) electrons. The number of carbonyl (C=O) groups is 1. The zero-order valence-electron chi connectivity index (χ0n) is 7.90. The minimum absolute atomic E-state index is 0.215. The maximum absolute atomic E-state index is 11.0. The second-order valence-corrected chi connectivity index (χ2v) is 3.56. The SMILES string of the molecule is O=C(O)c1cc2ccccc2cc1CCl. The lowest BCUT2D eigenvalue weighted by Crippen LogP contribution is -2.01. The molecule has 0 saturated heterocycles. The summed E-state index contributed by atoms with van der Waals surface area (Å²) in [5, 5.41) is 10.9. The lowest BCUT2D eigenvalue weighted by molar-refractivity contribution is 0.0696. The van der Waals surface area contributed by atoms with Gasteiger partial charge >= 0.3 is 5.97 Å². The average Bonchev–Trinajstić information content (AvgIpc) is 2.27. The molecule has 0 amide bonds. The van der Waals surface area contributed by atoms with E-state index in [1.165, 1.54) is 0 Å². The number of alkyl halides is 1. The summed E-state index contributed by atoms with van der Waals surface area (Å²) in [5.74, 6) is -0.719. The van der Waals surface area contributed by atoms with Gasteiger partial charge in [-0.2, -0.15) is 0 Å². The molecule has 2 aromatic rings. The highest BCUT2D eigenvalue weighted by molar-refractivity contribution is 6.18. The predicted octanol–water partition coefficient (Wildman–Crippen LogP) is 3.28. The molecule has 3 heteroatoms. The Morgan fingerprint density at radius 3 is 2.33 bits per heavy atom. The second-order valence-electron chi connectivity index (χ2n) is 3.30. The van der Waals surface area contributed by atoms with Crippen molar-refractivity contribution in [1.29, 1.82) is 0 Å². The number of fused-ring (bicyclic) bond motifs is 1. The van der Waals surface area contributed by atoms with Gasteiger partial charge < -0.3 is 5.11 Å². The number of halogens is 1. The molecule has 0 heterocycles. The standard InChI is InChI=1S/C12H9ClO2/c13-7-10-5-8-3-1-2-4-9(8)6-11(10)12(14)15/h1-6H,7H2,(H,14,15). The fraction of sp³-hybridized carbons (Fsp3) is 0.0833. The van der Waals surface area contributed by atoms with E-state index >= 15 is 0 Å². The largest absolute Gasteiger partial charge is 0.478 e. The van der Waals surface area contributed by atoms with Crippen molar-refractivity contribution in [1.82, 2.24) is 0 Å². The Morgan fingerprint density at radius 1 is 1.20 bits per heavy atom. The smallest absolute Gasteiger partial charge is 0.336 e. The molecule has 0 saturated carbocycles. The Kier molecular flexibility index (Phi) is 2.60. The van der Waals surface area contributed by atoms with Crippen LogP contribution in [0.3, 0.4) is 0 Å². The van der Waals surface area contributed by atoms with Crippen LogP contribution in [0.5, 0.6) is 0 Å². The van der Waals surface area contributed by atoms with Crippen LogP contribution in [0.2, 0.25) is 0 Å². The topological polar surface area (TPSA) is 37.3 Å². The van der Waals surface area contributed by atoms with Gasteiger partial charge in [0.25, 0.3) is 0 Å². The number of hydrogen-bond donors (Lipinski definition) is 1. The second kappa shape index (κ2) is 3.91. The van der Waals surface area contributed by atoms with Crippen LogP contribution in [-0.4, -0.2) is 11.1 Å². The summed E-state index contributed by atoms with van der Waals surface area (Å²) in [5.41, 5.74) is 0.937. The summed E-state index contributed by atoms with van der Waals surface area (Å²) in [6.45, 7) is 0. The van der Waals surface area contributed by atoms with Gasteiger partial charge in [0.1, 0.15) is 0 Å². The Bertz CT molecular complexity index is 520. The number of hydrogen-bond acceptors (Lipinski definition) is 1. The van der Waals surface area contributed by atoms with Crippen molar-refractivity contribution >= 4 is 28.3 Å². The van der Waals surface area contributed by atoms with Crippen LogP contribution in [0.25, 0.3) is 10.8 Å². The van der Waals surface area contributed by atoms with Gasteiger partial charge in [-0.05, 0) is 28.5 Å². The molecule has 0 spiro atoms. The lowest BCUT2D eigenvalue weighted by atomic mass is 10.0. The van der Waals surface area contributed by atoms with Gasteiger partial charge in [0.15, 0.2) is 0 Å². The minimum atomic E-state index is -0.934. The van der Waals surface area contributed by atoms with Gasteiger partial charge in [0.05, 0.1) is 5.56 Å². The number of benzene rings is 2. The van der Waals surface area contributed by atoms with E-state index in [2.05, 4.69) is 0 Å². The van der Waals surface area contributed by atoms with Crippen LogP contribution in [0.4, 0.5) is 0 Å². The van der Waals surface area contributed by atoms with E-state index in [4.69, 9.17) is 16.7 Å². The van der Waals surface area contributed by atoms with E-state index in [1.54, 1.807) is 6.07 Å². The van der Waals surface area contributed by atoms with Gasteiger partial charge in [0.2, 0.25) is 0 Å². The van der Waals surface area contributed by atoms with Crippen LogP contribution in [-0.2, 0) is 5.88 Å². The molecule has 0 aliphatic carbocycles. The minimum Gasteiger partial charge on any atom is -0.478 e. The molecule has 0 unspecified atom stereocenters. The van der Waals surface area contributed by atoms with E-state index in [9.17, 15) is 4.79 Å². The third-order valence-electron chi connectivity index (χ3n) is 2.35. The molecule has 2 aromatic carbocycles. The summed E-state index contributed by atoms with van der Waals surface area (Å²) in [6.07, 6.45) is 0. The number of rotatable bonds is 2. The fourth-order valence-electron chi connectivity index (χ4n) is 1.60. The molecule has 0 fully saturated rings. The highest BCUT2D eigenvalue weighted by Crippen LogP contribution is 2.21. The van der Waals surface area contributed by atoms with Crippen LogP contribution < -0.4 is 0 Å². The Hall–Kier alpha value is -1.54. The Labute approximate surface area is 92.1 Å². The zero-order chi connectivity index (χ0) is 10.8. The highest BCUT2D eigenvalue weighted by atomic mass is 35.5. The predicted molar refractivity (Wildman–Crippen MR) is 60.5 cm³/mol. The molecule has 0 atom stereocenters. The first-order valence-corrected chi connectivity index (χ1v) is 5.07. The zero-order valence-corrected chi connectivity index (χ0v) is 8.66. The van der Waals surface area contributed by atoms with E-state index < -0.39 is 5.97 Å². The maximum atomic E-state index is 11.0. The van der Waals surface area contributed by atoms with Crippen molar-refractivity contribution in [3.8, 4) is 0 Å². The van der Waals surface area contributed by atoms with Gasteiger partial charge in [-0.25, -0.2) is 4.79 Å². The maximum Gasteiger partial charge on any atom is 0.336 e. The number of carboxylic acids is 1. The van der Waals surface area contributed by atoms with Gasteiger partial charge in [-0.3, -0.25) is 0 Å². The van der Waals surface area contributed by atoms with Crippen LogP contribution in [0.15, 0.2) is 36.4 Å². The molecule has 0 aliphatic rings. The third-order valence-corrected chi connectivity index (χ3v) is 2.63. The fourth-order valence-corrected chi connectivity index (χ4v) is 1.82. The third kappa shape index (κ3) is 1.81. The van der Waals surface area contributed by atoms with Crippen molar-refractivity contribution < 1.29 is 9.90 Å². The van der Waals surface area contributed by atoms with Gasteiger partial charge in [0, 0.05) is 5.88 Å². The first-order valence-electron chi connectivity index (χ1n) is 4.53. The quantitative estimate of drug-likeness (QED) is 0.789. The molecule has 15 heavy (non-hydrogen) atoms. The summed E-state index contributed by atoms with van der Waals surface area (Å²) in [6, 6.07) is 11.1.